The van der Waals surface area contributed by atoms with E-state index in [9.17, 15) is 29.4 Å². The molecule has 5 rings (SSSR count). The number of carboxylic acid groups (broad SMARTS) is 1. The average molecular weight is 542 g/mol. The van der Waals surface area contributed by atoms with Gasteiger partial charge in [0.15, 0.2) is 11.6 Å². The monoisotopic (exact) mass is 541 g/mol. The number of anilines is 1. The predicted octanol–water partition coefficient (Wildman–Crippen LogP) is 2.56. The number of ketones is 2. The maximum absolute atomic E-state index is 13.5. The number of benzene rings is 3. The second-order valence-corrected chi connectivity index (χ2v) is 10.4. The lowest BCUT2D eigenvalue weighted by Crippen LogP contribution is -2.58. The Kier molecular flexibility index (Phi) is 7.66. The number of amides is 1. The lowest BCUT2D eigenvalue weighted by molar-refractivity contribution is -0.145. The molecule has 1 saturated carbocycles. The van der Waals surface area contributed by atoms with Crippen LogP contribution in [0.25, 0.3) is 0 Å². The molecule has 3 aromatic rings. The van der Waals surface area contributed by atoms with Gasteiger partial charge in [-0.2, -0.15) is 0 Å². The zero-order valence-corrected chi connectivity index (χ0v) is 21.9. The fourth-order valence-corrected chi connectivity index (χ4v) is 5.15. The van der Waals surface area contributed by atoms with Crippen LogP contribution in [-0.2, 0) is 20.8 Å². The van der Waals surface area contributed by atoms with Gasteiger partial charge < -0.3 is 25.7 Å². The lowest BCUT2D eigenvalue weighted by atomic mass is 9.91. The molecular formula is C31H31N3O6. The van der Waals surface area contributed by atoms with Gasteiger partial charge in [-0.25, -0.2) is 4.79 Å². The van der Waals surface area contributed by atoms with Gasteiger partial charge in [-0.1, -0.05) is 54.6 Å². The van der Waals surface area contributed by atoms with Crippen LogP contribution in [0.15, 0.2) is 78.9 Å². The Hall–Kier alpha value is -4.50. The van der Waals surface area contributed by atoms with Crippen LogP contribution in [0.2, 0.25) is 0 Å². The van der Waals surface area contributed by atoms with Crippen molar-refractivity contribution >= 4 is 29.1 Å². The van der Waals surface area contributed by atoms with Gasteiger partial charge in [-0.05, 0) is 42.7 Å². The Labute approximate surface area is 231 Å². The summed E-state index contributed by atoms with van der Waals surface area (Å²) >= 11 is 0. The molecule has 2 atom stereocenters. The highest BCUT2D eigenvalue weighted by atomic mass is 16.4. The fraction of sp³-hybridized carbons (Fsp3) is 0.290. The number of rotatable bonds is 10. The van der Waals surface area contributed by atoms with Crippen molar-refractivity contribution in [2.24, 2.45) is 5.41 Å². The van der Waals surface area contributed by atoms with Crippen molar-refractivity contribution in [2.45, 2.75) is 31.3 Å². The van der Waals surface area contributed by atoms with Crippen molar-refractivity contribution in [3.05, 3.63) is 95.6 Å². The number of piperazine rings is 1. The number of aromatic hydroxyl groups is 1. The minimum absolute atomic E-state index is 0.0153. The van der Waals surface area contributed by atoms with Gasteiger partial charge in [0.1, 0.15) is 17.2 Å². The second-order valence-electron chi connectivity index (χ2n) is 10.4. The molecule has 1 unspecified atom stereocenters. The number of phenolic OH excluding ortho intramolecular Hbond substituents is 1. The number of carboxylic acids is 1. The summed E-state index contributed by atoms with van der Waals surface area (Å²) in [5.74, 6) is -1.98. The van der Waals surface area contributed by atoms with Gasteiger partial charge in [0.25, 0.3) is 0 Å². The molecule has 9 heteroatoms. The van der Waals surface area contributed by atoms with Crippen LogP contribution in [0, 0.1) is 5.41 Å². The van der Waals surface area contributed by atoms with Gasteiger partial charge in [-0.15, -0.1) is 0 Å². The number of carbonyl (C=O) groups excluding carboxylic acids is 3. The van der Waals surface area contributed by atoms with Crippen molar-refractivity contribution in [3.8, 4) is 5.75 Å². The Morgan fingerprint density at radius 2 is 1.57 bits per heavy atom. The standard InChI is InChI=1S/C31H31N3O6/c35-24-12-10-23(11-13-24)34-17-16-32-26(19-34)28(37)31(14-15-31)30(40)33-25(29(38)39)18-20-6-8-22(9-7-20)27(36)21-4-2-1-3-5-21/h1-13,25-26,32,35H,14-19H2,(H,33,40)(H,38,39)/t25-,26?/m0/s1. The van der Waals surface area contributed by atoms with Crippen molar-refractivity contribution in [2.75, 3.05) is 24.5 Å². The summed E-state index contributed by atoms with van der Waals surface area (Å²) in [4.78, 5) is 53.5. The number of nitrogens with one attached hydrogen (secondary N) is 2. The van der Waals surface area contributed by atoms with Crippen molar-refractivity contribution < 1.29 is 29.4 Å². The van der Waals surface area contributed by atoms with E-state index in [1.165, 1.54) is 0 Å². The SMILES string of the molecule is O=C(c1ccccc1)c1ccc(C[C@H](NC(=O)C2(C(=O)C3CN(c4ccc(O)cc4)CCN3)CC2)C(=O)O)cc1. The number of hydrogen-bond acceptors (Lipinski definition) is 7. The maximum atomic E-state index is 13.5. The molecule has 9 nitrogen and oxygen atoms in total. The Balaban J connectivity index is 1.22. The van der Waals surface area contributed by atoms with Crippen LogP contribution >= 0.6 is 0 Å². The summed E-state index contributed by atoms with van der Waals surface area (Å²) in [7, 11) is 0. The highest BCUT2D eigenvalue weighted by Crippen LogP contribution is 2.48. The molecule has 1 aliphatic heterocycles. The van der Waals surface area contributed by atoms with Gasteiger partial charge in [0.2, 0.25) is 5.91 Å². The molecule has 0 spiro atoms. The zero-order chi connectivity index (χ0) is 28.3. The Morgan fingerprint density at radius 3 is 2.20 bits per heavy atom. The van der Waals surface area contributed by atoms with Crippen molar-refractivity contribution in [1.29, 1.82) is 0 Å². The normalized spacial score (nSPS) is 18.4. The van der Waals surface area contributed by atoms with Gasteiger partial charge in [0, 0.05) is 42.9 Å². The van der Waals surface area contributed by atoms with E-state index >= 15 is 0 Å². The third-order valence-electron chi connectivity index (χ3n) is 7.66. The molecule has 3 aromatic carbocycles. The quantitative estimate of drug-likeness (QED) is 0.227. The van der Waals surface area contributed by atoms with Crippen LogP contribution in [-0.4, -0.2) is 65.4 Å². The largest absolute Gasteiger partial charge is 0.508 e. The van der Waals surface area contributed by atoms with E-state index in [-0.39, 0.29) is 23.7 Å². The number of carbonyl (C=O) groups is 4. The first kappa shape index (κ1) is 27.1. The smallest absolute Gasteiger partial charge is 0.326 e. The van der Waals surface area contributed by atoms with Gasteiger partial charge in [0.05, 0.1) is 6.04 Å². The van der Waals surface area contributed by atoms with Gasteiger partial charge in [-0.3, -0.25) is 14.4 Å². The predicted molar refractivity (Wildman–Crippen MR) is 148 cm³/mol. The van der Waals surface area contributed by atoms with Crippen molar-refractivity contribution in [3.63, 3.8) is 0 Å². The molecule has 1 heterocycles. The van der Waals surface area contributed by atoms with E-state index in [4.69, 9.17) is 0 Å². The second kappa shape index (κ2) is 11.3. The van der Waals surface area contributed by atoms with Crippen LogP contribution in [0.1, 0.15) is 34.3 Å². The van der Waals surface area contributed by atoms with Crippen molar-refractivity contribution in [1.82, 2.24) is 10.6 Å². The highest BCUT2D eigenvalue weighted by Gasteiger charge is 2.58. The molecule has 1 aliphatic carbocycles. The topological polar surface area (TPSA) is 136 Å². The first-order valence-electron chi connectivity index (χ1n) is 13.3. The molecule has 40 heavy (non-hydrogen) atoms. The minimum atomic E-state index is -1.24. The highest BCUT2D eigenvalue weighted by molar-refractivity contribution is 6.12. The lowest BCUT2D eigenvalue weighted by Gasteiger charge is -2.36. The van der Waals surface area contributed by atoms with E-state index in [1.807, 2.05) is 11.0 Å². The first-order valence-corrected chi connectivity index (χ1v) is 13.3. The Morgan fingerprint density at radius 1 is 0.925 bits per heavy atom. The summed E-state index contributed by atoms with van der Waals surface area (Å²) in [6.07, 6.45) is 0.761. The van der Waals surface area contributed by atoms with Crippen LogP contribution in [0.4, 0.5) is 5.69 Å². The molecule has 2 aliphatic rings. The molecule has 0 bridgehead atoms. The number of phenols is 1. The third-order valence-corrected chi connectivity index (χ3v) is 7.66. The van der Waals surface area contributed by atoms with E-state index in [2.05, 4.69) is 10.6 Å². The molecule has 4 N–H and O–H groups in total. The van der Waals surface area contributed by atoms with Gasteiger partial charge >= 0.3 is 5.97 Å². The van der Waals surface area contributed by atoms with Crippen LogP contribution in [0.3, 0.4) is 0 Å². The number of nitrogens with zero attached hydrogens (tertiary/aromatic N) is 1. The zero-order valence-electron chi connectivity index (χ0n) is 21.9. The molecule has 1 amide bonds. The molecule has 206 valence electrons. The summed E-state index contributed by atoms with van der Waals surface area (Å²) in [5, 5.41) is 25.2. The number of aliphatic carboxylic acids is 1. The molecular weight excluding hydrogens is 510 g/mol. The van der Waals surface area contributed by atoms with E-state index in [1.54, 1.807) is 72.8 Å². The van der Waals surface area contributed by atoms with E-state index < -0.39 is 29.4 Å². The number of Topliss-reactive ketones (excluding diaryl/α,β-unsaturated/α-hetero) is 1. The minimum Gasteiger partial charge on any atom is -0.508 e. The van der Waals surface area contributed by atoms with Crippen LogP contribution < -0.4 is 15.5 Å². The summed E-state index contributed by atoms with van der Waals surface area (Å²) in [5.41, 5.74) is 1.31. The molecule has 0 radical (unpaired) electrons. The molecule has 2 fully saturated rings. The summed E-state index contributed by atoms with van der Waals surface area (Å²) in [6, 6.07) is 20.5. The van der Waals surface area contributed by atoms with Crippen LogP contribution in [0.5, 0.6) is 5.75 Å². The summed E-state index contributed by atoms with van der Waals surface area (Å²) in [6.45, 7) is 1.59. The molecule has 0 aromatic heterocycles. The third kappa shape index (κ3) is 5.74. The molecule has 1 saturated heterocycles. The summed E-state index contributed by atoms with van der Waals surface area (Å²) < 4.78 is 0. The Bertz CT molecular complexity index is 1400. The average Bonchev–Trinajstić information content (AvgIpc) is 3.80. The number of hydrogen-bond donors (Lipinski definition) is 4. The maximum Gasteiger partial charge on any atom is 0.326 e. The first-order chi connectivity index (χ1) is 19.3. The van der Waals surface area contributed by atoms with E-state index in [0.29, 0.717) is 49.2 Å². The van der Waals surface area contributed by atoms with E-state index in [0.717, 1.165) is 5.69 Å². The fourth-order valence-electron chi connectivity index (χ4n) is 5.15.